The van der Waals surface area contributed by atoms with Gasteiger partial charge in [0.15, 0.2) is 0 Å². The standard InChI is InChI=1S/C8H13IN2O/c1-8(2,3)11(7(10)12)6-4-5-9/h6H2,1-3H3,(H2,10,12). The molecule has 12 heavy (non-hydrogen) atoms. The lowest BCUT2D eigenvalue weighted by Crippen LogP contribution is -2.48. The Morgan fingerprint density at radius 3 is 2.33 bits per heavy atom. The quantitative estimate of drug-likeness (QED) is 0.575. The molecule has 0 saturated carbocycles. The SMILES string of the molecule is CC(C)(C)N(CC#CI)C(N)=O. The monoisotopic (exact) mass is 280 g/mol. The minimum atomic E-state index is -0.429. The molecule has 0 spiro atoms. The van der Waals surface area contributed by atoms with E-state index in [0.717, 1.165) is 0 Å². The Labute approximate surface area is 86.8 Å². The van der Waals surface area contributed by atoms with Crippen LogP contribution in [0.5, 0.6) is 0 Å². The first-order valence-electron chi connectivity index (χ1n) is 3.55. The number of carbonyl (C=O) groups is 1. The van der Waals surface area contributed by atoms with Crippen molar-refractivity contribution in [1.29, 1.82) is 0 Å². The molecule has 4 heteroatoms. The maximum atomic E-state index is 10.9. The molecule has 0 atom stereocenters. The maximum absolute atomic E-state index is 10.9. The third kappa shape index (κ3) is 3.81. The van der Waals surface area contributed by atoms with Crippen LogP contribution >= 0.6 is 22.6 Å². The molecule has 68 valence electrons. The van der Waals surface area contributed by atoms with Crippen LogP contribution in [0.1, 0.15) is 20.8 Å². The number of rotatable bonds is 1. The smallest absolute Gasteiger partial charge is 0.316 e. The predicted octanol–water partition coefficient (Wildman–Crippen LogP) is 1.56. The fourth-order valence-electron chi connectivity index (χ4n) is 0.755. The largest absolute Gasteiger partial charge is 0.351 e. The summed E-state index contributed by atoms with van der Waals surface area (Å²) in [5.41, 5.74) is 4.92. The van der Waals surface area contributed by atoms with Gasteiger partial charge in [0.2, 0.25) is 0 Å². The zero-order chi connectivity index (χ0) is 9.78. The molecule has 0 fully saturated rings. The molecule has 0 aromatic rings. The molecular formula is C8H13IN2O. The molecular weight excluding hydrogens is 267 g/mol. The zero-order valence-corrected chi connectivity index (χ0v) is 9.68. The Balaban J connectivity index is 4.42. The van der Waals surface area contributed by atoms with Crippen molar-refractivity contribution in [3.8, 4) is 9.85 Å². The van der Waals surface area contributed by atoms with Crippen molar-refractivity contribution >= 4 is 28.6 Å². The summed E-state index contributed by atoms with van der Waals surface area (Å²) in [7, 11) is 0. The highest BCUT2D eigenvalue weighted by Crippen LogP contribution is 2.11. The molecule has 0 aliphatic rings. The number of hydrogen-bond acceptors (Lipinski definition) is 1. The Morgan fingerprint density at radius 1 is 1.58 bits per heavy atom. The van der Waals surface area contributed by atoms with Crippen LogP contribution in [0, 0.1) is 9.85 Å². The van der Waals surface area contributed by atoms with Gasteiger partial charge in [0.05, 0.1) is 6.54 Å². The van der Waals surface area contributed by atoms with Crippen LogP contribution < -0.4 is 5.73 Å². The van der Waals surface area contributed by atoms with E-state index in [4.69, 9.17) is 5.73 Å². The van der Waals surface area contributed by atoms with Crippen molar-refractivity contribution < 1.29 is 4.79 Å². The van der Waals surface area contributed by atoms with E-state index in [-0.39, 0.29) is 5.54 Å². The third-order valence-electron chi connectivity index (χ3n) is 1.38. The van der Waals surface area contributed by atoms with Crippen molar-refractivity contribution in [3.05, 3.63) is 0 Å². The van der Waals surface area contributed by atoms with Crippen molar-refractivity contribution in [3.63, 3.8) is 0 Å². The van der Waals surface area contributed by atoms with Crippen LogP contribution in [0.2, 0.25) is 0 Å². The van der Waals surface area contributed by atoms with E-state index < -0.39 is 6.03 Å². The highest BCUT2D eigenvalue weighted by molar-refractivity contribution is 14.1. The van der Waals surface area contributed by atoms with Gasteiger partial charge in [-0.15, -0.1) is 0 Å². The highest BCUT2D eigenvalue weighted by Gasteiger charge is 2.23. The number of halogens is 1. The lowest BCUT2D eigenvalue weighted by atomic mass is 10.1. The zero-order valence-electron chi connectivity index (χ0n) is 7.52. The fourth-order valence-corrected chi connectivity index (χ4v) is 0.925. The summed E-state index contributed by atoms with van der Waals surface area (Å²) < 4.78 is 2.70. The van der Waals surface area contributed by atoms with Crippen molar-refractivity contribution in [2.24, 2.45) is 5.73 Å². The second-order valence-corrected chi connectivity index (χ2v) is 3.91. The van der Waals surface area contributed by atoms with Crippen molar-refractivity contribution in [2.45, 2.75) is 26.3 Å². The minimum Gasteiger partial charge on any atom is -0.351 e. The van der Waals surface area contributed by atoms with Crippen LogP contribution in [0.4, 0.5) is 4.79 Å². The maximum Gasteiger partial charge on any atom is 0.316 e. The molecule has 2 N–H and O–H groups in total. The van der Waals surface area contributed by atoms with Crippen LogP contribution in [0.25, 0.3) is 0 Å². The van der Waals surface area contributed by atoms with Gasteiger partial charge in [0, 0.05) is 28.1 Å². The van der Waals surface area contributed by atoms with E-state index in [1.165, 1.54) is 4.90 Å². The Morgan fingerprint density at radius 2 is 2.08 bits per heavy atom. The van der Waals surface area contributed by atoms with Gasteiger partial charge in [-0.1, -0.05) is 5.92 Å². The van der Waals surface area contributed by atoms with Gasteiger partial charge >= 0.3 is 6.03 Å². The van der Waals surface area contributed by atoms with Gasteiger partial charge in [-0.25, -0.2) is 4.79 Å². The van der Waals surface area contributed by atoms with Gasteiger partial charge in [0.1, 0.15) is 0 Å². The molecule has 0 bridgehead atoms. The molecule has 0 aromatic carbocycles. The number of carbonyl (C=O) groups excluding carboxylic acids is 1. The Hall–Kier alpha value is -0.440. The van der Waals surface area contributed by atoms with E-state index in [1.54, 1.807) is 0 Å². The average molecular weight is 280 g/mol. The van der Waals surface area contributed by atoms with Crippen molar-refractivity contribution in [2.75, 3.05) is 6.54 Å². The fraction of sp³-hybridized carbons (Fsp3) is 0.625. The van der Waals surface area contributed by atoms with E-state index in [1.807, 2.05) is 43.4 Å². The van der Waals surface area contributed by atoms with E-state index in [0.29, 0.717) is 6.54 Å². The van der Waals surface area contributed by atoms with Crippen molar-refractivity contribution in [1.82, 2.24) is 4.90 Å². The first-order valence-corrected chi connectivity index (χ1v) is 4.63. The van der Waals surface area contributed by atoms with Gasteiger partial charge in [-0.05, 0) is 24.7 Å². The average Bonchev–Trinajstić information content (AvgIpc) is 1.84. The van der Waals surface area contributed by atoms with Crippen LogP contribution in [0.3, 0.4) is 0 Å². The molecule has 0 radical (unpaired) electrons. The molecule has 3 nitrogen and oxygen atoms in total. The molecule has 0 heterocycles. The summed E-state index contributed by atoms with van der Waals surface area (Å²) >= 11 is 1.93. The Bertz CT molecular complexity index is 221. The van der Waals surface area contributed by atoms with Gasteiger partial charge in [0.25, 0.3) is 0 Å². The molecule has 0 saturated heterocycles. The first-order chi connectivity index (χ1) is 5.39. The summed E-state index contributed by atoms with van der Waals surface area (Å²) in [5.74, 6) is 2.80. The number of nitrogens with zero attached hydrogens (tertiary/aromatic N) is 1. The molecule has 0 aromatic heterocycles. The van der Waals surface area contributed by atoms with Gasteiger partial charge < -0.3 is 10.6 Å². The normalized spacial score (nSPS) is 10.0. The first kappa shape index (κ1) is 11.6. The topological polar surface area (TPSA) is 46.3 Å². The van der Waals surface area contributed by atoms with Crippen LogP contribution in [0.15, 0.2) is 0 Å². The summed E-state index contributed by atoms with van der Waals surface area (Å²) in [4.78, 5) is 12.5. The van der Waals surface area contributed by atoms with Crippen LogP contribution in [-0.4, -0.2) is 23.0 Å². The van der Waals surface area contributed by atoms with E-state index in [2.05, 4.69) is 9.85 Å². The molecule has 0 unspecified atom stereocenters. The number of urea groups is 1. The number of primary amides is 1. The van der Waals surface area contributed by atoms with Gasteiger partial charge in [-0.2, -0.15) is 0 Å². The molecule has 0 aliphatic heterocycles. The predicted molar refractivity (Wildman–Crippen MR) is 57.8 cm³/mol. The Kier molecular flexibility index (Phi) is 4.39. The van der Waals surface area contributed by atoms with E-state index >= 15 is 0 Å². The minimum absolute atomic E-state index is 0.258. The second-order valence-electron chi connectivity index (χ2n) is 3.37. The number of nitrogens with two attached hydrogens (primary N) is 1. The highest BCUT2D eigenvalue weighted by atomic mass is 127. The van der Waals surface area contributed by atoms with E-state index in [9.17, 15) is 4.79 Å². The molecule has 0 aliphatic carbocycles. The lowest BCUT2D eigenvalue weighted by molar-refractivity contribution is 0.165. The summed E-state index contributed by atoms with van der Waals surface area (Å²) in [6, 6.07) is -0.429. The third-order valence-corrected chi connectivity index (χ3v) is 1.76. The summed E-state index contributed by atoms with van der Waals surface area (Å²) in [6.07, 6.45) is 0. The number of amides is 2. The van der Waals surface area contributed by atoms with Crippen LogP contribution in [-0.2, 0) is 0 Å². The number of hydrogen-bond donors (Lipinski definition) is 1. The lowest BCUT2D eigenvalue weighted by Gasteiger charge is -2.32. The second kappa shape index (κ2) is 4.55. The summed E-state index contributed by atoms with van der Waals surface area (Å²) in [6.45, 7) is 6.16. The summed E-state index contributed by atoms with van der Waals surface area (Å²) in [5, 5.41) is 0. The molecule has 2 amide bonds. The molecule has 0 rings (SSSR count). The van der Waals surface area contributed by atoms with Gasteiger partial charge in [-0.3, -0.25) is 0 Å².